The molecule has 0 radical (unpaired) electrons. The van der Waals surface area contributed by atoms with E-state index in [2.05, 4.69) is 39.7 Å². The Hall–Kier alpha value is -1.20. The standard InChI is InChI=1S/C14H12BrClFN3/c1-14(2)7-20(8-3-4-9(16)10(17)5-8)13-12(14)19-11(15)6-18-13/h3-6H,7H2,1-2H3. The van der Waals surface area contributed by atoms with Gasteiger partial charge in [0.05, 0.1) is 16.9 Å². The molecule has 104 valence electrons. The van der Waals surface area contributed by atoms with E-state index in [1.807, 2.05) is 4.90 Å². The Morgan fingerprint density at radius 1 is 1.40 bits per heavy atom. The van der Waals surface area contributed by atoms with Crippen molar-refractivity contribution in [2.45, 2.75) is 19.3 Å². The maximum atomic E-state index is 13.7. The number of fused-ring (bicyclic) bond motifs is 1. The van der Waals surface area contributed by atoms with Gasteiger partial charge < -0.3 is 4.90 Å². The normalized spacial score (nSPS) is 16.4. The van der Waals surface area contributed by atoms with Gasteiger partial charge in [-0.1, -0.05) is 25.4 Å². The van der Waals surface area contributed by atoms with Crippen LogP contribution in [0, 0.1) is 5.82 Å². The lowest BCUT2D eigenvalue weighted by molar-refractivity contribution is 0.552. The third-order valence-electron chi connectivity index (χ3n) is 3.39. The highest BCUT2D eigenvalue weighted by atomic mass is 79.9. The Labute approximate surface area is 129 Å². The van der Waals surface area contributed by atoms with Gasteiger partial charge in [-0.15, -0.1) is 0 Å². The molecule has 1 aromatic heterocycles. The number of aromatic nitrogens is 2. The van der Waals surface area contributed by atoms with Gasteiger partial charge in [-0.2, -0.15) is 0 Å². The summed E-state index contributed by atoms with van der Waals surface area (Å²) in [7, 11) is 0. The number of halogens is 3. The molecule has 0 spiro atoms. The maximum absolute atomic E-state index is 13.7. The minimum absolute atomic E-state index is 0.120. The van der Waals surface area contributed by atoms with Crippen molar-refractivity contribution in [2.24, 2.45) is 0 Å². The van der Waals surface area contributed by atoms with Gasteiger partial charge in [-0.05, 0) is 34.1 Å². The SMILES string of the molecule is CC1(C)CN(c2ccc(Cl)c(F)c2)c2ncc(Br)nc21. The van der Waals surface area contributed by atoms with Crippen LogP contribution in [0.2, 0.25) is 5.02 Å². The highest BCUT2D eigenvalue weighted by Crippen LogP contribution is 2.42. The predicted molar refractivity (Wildman–Crippen MR) is 81.2 cm³/mol. The van der Waals surface area contributed by atoms with Gasteiger partial charge in [0.1, 0.15) is 10.4 Å². The average Bonchev–Trinajstić information content (AvgIpc) is 2.65. The van der Waals surface area contributed by atoms with Crippen LogP contribution < -0.4 is 4.90 Å². The van der Waals surface area contributed by atoms with Gasteiger partial charge >= 0.3 is 0 Å². The Morgan fingerprint density at radius 2 is 2.15 bits per heavy atom. The molecule has 2 aromatic rings. The maximum Gasteiger partial charge on any atom is 0.155 e. The zero-order valence-electron chi connectivity index (χ0n) is 11.0. The zero-order chi connectivity index (χ0) is 14.5. The largest absolute Gasteiger partial charge is 0.324 e. The van der Waals surface area contributed by atoms with E-state index in [9.17, 15) is 4.39 Å². The molecule has 1 aliphatic heterocycles. The lowest BCUT2D eigenvalue weighted by Gasteiger charge is -2.21. The van der Waals surface area contributed by atoms with Crippen LogP contribution in [0.25, 0.3) is 0 Å². The molecule has 0 atom stereocenters. The zero-order valence-corrected chi connectivity index (χ0v) is 13.3. The fourth-order valence-corrected chi connectivity index (χ4v) is 2.82. The first-order chi connectivity index (χ1) is 9.38. The third-order valence-corrected chi connectivity index (χ3v) is 4.08. The number of anilines is 2. The smallest absolute Gasteiger partial charge is 0.155 e. The molecule has 3 nitrogen and oxygen atoms in total. The van der Waals surface area contributed by atoms with Crippen LogP contribution in [-0.2, 0) is 5.41 Å². The van der Waals surface area contributed by atoms with Gasteiger partial charge in [-0.3, -0.25) is 0 Å². The van der Waals surface area contributed by atoms with Crippen molar-refractivity contribution in [3.05, 3.63) is 45.5 Å². The summed E-state index contributed by atoms with van der Waals surface area (Å²) in [6.07, 6.45) is 1.65. The molecule has 0 amide bonds. The first-order valence-corrected chi connectivity index (χ1v) is 7.31. The topological polar surface area (TPSA) is 29.0 Å². The van der Waals surface area contributed by atoms with E-state index in [1.165, 1.54) is 6.07 Å². The molecule has 0 unspecified atom stereocenters. The van der Waals surface area contributed by atoms with E-state index in [-0.39, 0.29) is 10.4 Å². The lowest BCUT2D eigenvalue weighted by Crippen LogP contribution is -2.25. The summed E-state index contributed by atoms with van der Waals surface area (Å²) in [6.45, 7) is 4.89. The number of hydrogen-bond acceptors (Lipinski definition) is 3. The van der Waals surface area contributed by atoms with Crippen LogP contribution in [0.1, 0.15) is 19.5 Å². The van der Waals surface area contributed by atoms with Crippen molar-refractivity contribution in [1.82, 2.24) is 9.97 Å². The van der Waals surface area contributed by atoms with Crippen LogP contribution in [0.15, 0.2) is 29.0 Å². The molecule has 0 aliphatic carbocycles. The molecule has 20 heavy (non-hydrogen) atoms. The molecule has 3 rings (SSSR count). The molecule has 0 bridgehead atoms. The third kappa shape index (κ3) is 2.19. The Bertz CT molecular complexity index is 690. The van der Waals surface area contributed by atoms with Crippen molar-refractivity contribution in [2.75, 3.05) is 11.4 Å². The molecule has 0 N–H and O–H groups in total. The lowest BCUT2D eigenvalue weighted by atomic mass is 9.92. The summed E-state index contributed by atoms with van der Waals surface area (Å²) in [5.41, 5.74) is 1.49. The molecule has 2 heterocycles. The first-order valence-electron chi connectivity index (χ1n) is 6.14. The van der Waals surface area contributed by atoms with Crippen molar-refractivity contribution in [3.63, 3.8) is 0 Å². The van der Waals surface area contributed by atoms with E-state index in [0.29, 0.717) is 11.1 Å². The van der Waals surface area contributed by atoms with Crippen LogP contribution in [0.4, 0.5) is 15.9 Å². The average molecular weight is 357 g/mol. The van der Waals surface area contributed by atoms with Gasteiger partial charge in [0.2, 0.25) is 0 Å². The van der Waals surface area contributed by atoms with Crippen LogP contribution in [0.5, 0.6) is 0 Å². The molecule has 1 aromatic carbocycles. The van der Waals surface area contributed by atoms with Crippen LogP contribution in [-0.4, -0.2) is 16.5 Å². The van der Waals surface area contributed by atoms with E-state index >= 15 is 0 Å². The molecule has 0 saturated carbocycles. The van der Waals surface area contributed by atoms with Crippen molar-refractivity contribution < 1.29 is 4.39 Å². The van der Waals surface area contributed by atoms with E-state index in [0.717, 1.165) is 17.2 Å². The van der Waals surface area contributed by atoms with Gasteiger partial charge in [-0.25, -0.2) is 14.4 Å². The predicted octanol–water partition coefficient (Wildman–Crippen LogP) is 4.46. The molecule has 0 saturated heterocycles. The monoisotopic (exact) mass is 355 g/mol. The number of hydrogen-bond donors (Lipinski definition) is 0. The molecule has 6 heteroatoms. The molecular formula is C14H12BrClFN3. The summed E-state index contributed by atoms with van der Waals surface area (Å²) in [6, 6.07) is 4.78. The van der Waals surface area contributed by atoms with E-state index in [4.69, 9.17) is 11.6 Å². The van der Waals surface area contributed by atoms with Gasteiger partial charge in [0.15, 0.2) is 5.82 Å². The Kier molecular flexibility index (Phi) is 3.21. The van der Waals surface area contributed by atoms with E-state index < -0.39 is 5.82 Å². The van der Waals surface area contributed by atoms with Crippen molar-refractivity contribution in [1.29, 1.82) is 0 Å². The molecular weight excluding hydrogens is 345 g/mol. The quantitative estimate of drug-likeness (QED) is 0.755. The minimum Gasteiger partial charge on any atom is -0.324 e. The second-order valence-corrected chi connectivity index (χ2v) is 6.65. The van der Waals surface area contributed by atoms with Gasteiger partial charge in [0.25, 0.3) is 0 Å². The van der Waals surface area contributed by atoms with Crippen LogP contribution >= 0.6 is 27.5 Å². The fourth-order valence-electron chi connectivity index (χ4n) is 2.42. The Morgan fingerprint density at radius 3 is 2.85 bits per heavy atom. The Balaban J connectivity index is 2.12. The van der Waals surface area contributed by atoms with Crippen molar-refractivity contribution >= 4 is 39.0 Å². The molecule has 0 fully saturated rings. The highest BCUT2D eigenvalue weighted by molar-refractivity contribution is 9.10. The highest BCUT2D eigenvalue weighted by Gasteiger charge is 2.38. The van der Waals surface area contributed by atoms with Crippen LogP contribution in [0.3, 0.4) is 0 Å². The summed E-state index contributed by atoms with van der Waals surface area (Å²) in [5.74, 6) is 0.334. The van der Waals surface area contributed by atoms with Crippen molar-refractivity contribution in [3.8, 4) is 0 Å². The summed E-state index contributed by atoms with van der Waals surface area (Å²) in [4.78, 5) is 10.9. The number of rotatable bonds is 1. The second-order valence-electron chi connectivity index (χ2n) is 5.43. The second kappa shape index (κ2) is 4.67. The fraction of sp³-hybridized carbons (Fsp3) is 0.286. The number of nitrogens with zero attached hydrogens (tertiary/aromatic N) is 3. The first kappa shape index (κ1) is 13.8. The summed E-state index contributed by atoms with van der Waals surface area (Å²) < 4.78 is 14.4. The number of benzene rings is 1. The van der Waals surface area contributed by atoms with Gasteiger partial charge in [0, 0.05) is 17.6 Å². The van der Waals surface area contributed by atoms with E-state index in [1.54, 1.807) is 18.3 Å². The summed E-state index contributed by atoms with van der Waals surface area (Å²) >= 11 is 9.08. The molecule has 1 aliphatic rings. The summed E-state index contributed by atoms with van der Waals surface area (Å²) in [5, 5.41) is 0.120. The minimum atomic E-state index is -0.430.